The summed E-state index contributed by atoms with van der Waals surface area (Å²) in [7, 11) is 0. The van der Waals surface area contributed by atoms with Gasteiger partial charge < -0.3 is 14.8 Å². The molecule has 0 bridgehead atoms. The zero-order chi connectivity index (χ0) is 13.8. The molecule has 1 saturated heterocycles. The first-order valence-corrected chi connectivity index (χ1v) is 7.40. The molecule has 1 heterocycles. The van der Waals surface area contributed by atoms with Gasteiger partial charge in [0.1, 0.15) is 6.61 Å². The number of rotatable bonds is 4. The lowest BCUT2D eigenvalue weighted by atomic mass is 9.84. The average molecular weight is 275 g/mol. The van der Waals surface area contributed by atoms with Crippen molar-refractivity contribution in [2.45, 2.75) is 44.4 Å². The van der Waals surface area contributed by atoms with Gasteiger partial charge in [-0.3, -0.25) is 0 Å². The number of ether oxygens (including phenoxy) is 2. The van der Waals surface area contributed by atoms with E-state index in [4.69, 9.17) is 9.47 Å². The molecule has 3 rings (SSSR count). The summed E-state index contributed by atoms with van der Waals surface area (Å²) in [6.07, 6.45) is 4.55. The van der Waals surface area contributed by atoms with Crippen LogP contribution >= 0.6 is 0 Å². The molecule has 4 heteroatoms. The van der Waals surface area contributed by atoms with Crippen LogP contribution < -0.4 is 5.32 Å². The quantitative estimate of drug-likeness (QED) is 0.860. The largest absolute Gasteiger partial charge is 0.445 e. The molecule has 1 aromatic carbocycles. The summed E-state index contributed by atoms with van der Waals surface area (Å²) in [5.41, 5.74) is 1.01. The zero-order valence-electron chi connectivity index (χ0n) is 11.6. The third kappa shape index (κ3) is 3.73. The fourth-order valence-corrected chi connectivity index (χ4v) is 2.89. The van der Waals surface area contributed by atoms with E-state index in [0.717, 1.165) is 37.9 Å². The molecule has 1 N–H and O–H groups in total. The van der Waals surface area contributed by atoms with Crippen LogP contribution in [0, 0.1) is 5.92 Å². The Hall–Kier alpha value is -1.55. The third-order valence-electron chi connectivity index (χ3n) is 4.19. The Labute approximate surface area is 119 Å². The Morgan fingerprint density at radius 1 is 1.20 bits per heavy atom. The average Bonchev–Trinajstić information content (AvgIpc) is 3.32. The van der Waals surface area contributed by atoms with Crippen LogP contribution in [0.4, 0.5) is 4.79 Å². The lowest BCUT2D eigenvalue weighted by Crippen LogP contribution is -2.38. The van der Waals surface area contributed by atoms with Crippen molar-refractivity contribution in [1.82, 2.24) is 5.32 Å². The van der Waals surface area contributed by atoms with Crippen molar-refractivity contribution in [3.05, 3.63) is 35.9 Å². The van der Waals surface area contributed by atoms with Crippen LogP contribution in [0.15, 0.2) is 30.3 Å². The molecule has 1 amide bonds. The van der Waals surface area contributed by atoms with Crippen LogP contribution in [0.3, 0.4) is 0 Å². The number of amides is 1. The molecule has 20 heavy (non-hydrogen) atoms. The van der Waals surface area contributed by atoms with Gasteiger partial charge in [0.2, 0.25) is 0 Å². The Morgan fingerprint density at radius 3 is 2.55 bits per heavy atom. The highest BCUT2D eigenvalue weighted by molar-refractivity contribution is 5.67. The molecule has 2 fully saturated rings. The lowest BCUT2D eigenvalue weighted by molar-refractivity contribution is 0.130. The maximum absolute atomic E-state index is 11.8. The SMILES string of the molecule is O=C(NC1CCC(C2CO2)CC1)OCc1ccccc1. The second-order valence-corrected chi connectivity index (χ2v) is 5.69. The smallest absolute Gasteiger partial charge is 0.407 e. The topological polar surface area (TPSA) is 50.9 Å². The number of benzene rings is 1. The standard InChI is InChI=1S/C16H21NO3/c18-16(20-10-12-4-2-1-3-5-12)17-14-8-6-13(7-9-14)15-11-19-15/h1-5,13-15H,6-11H2,(H,17,18). The summed E-state index contributed by atoms with van der Waals surface area (Å²) in [5.74, 6) is 0.702. The van der Waals surface area contributed by atoms with Gasteiger partial charge in [0, 0.05) is 6.04 Å². The molecule has 0 aromatic heterocycles. The summed E-state index contributed by atoms with van der Waals surface area (Å²) in [6.45, 7) is 1.26. The minimum atomic E-state index is -0.306. The molecule has 1 atom stereocenters. The first kappa shape index (κ1) is 13.4. The maximum Gasteiger partial charge on any atom is 0.407 e. The van der Waals surface area contributed by atoms with E-state index in [-0.39, 0.29) is 12.1 Å². The number of hydrogen-bond acceptors (Lipinski definition) is 3. The highest BCUT2D eigenvalue weighted by Gasteiger charge is 2.35. The number of alkyl carbamates (subject to hydrolysis) is 1. The first-order chi connectivity index (χ1) is 9.81. The van der Waals surface area contributed by atoms with E-state index in [9.17, 15) is 4.79 Å². The highest BCUT2D eigenvalue weighted by Crippen LogP contribution is 2.33. The fourth-order valence-electron chi connectivity index (χ4n) is 2.89. The molecule has 4 nitrogen and oxygen atoms in total. The molecule has 1 aliphatic heterocycles. The Kier molecular flexibility index (Phi) is 4.21. The number of nitrogens with one attached hydrogen (secondary N) is 1. The summed E-state index contributed by atoms with van der Waals surface area (Å²) in [6, 6.07) is 10.00. The second-order valence-electron chi connectivity index (χ2n) is 5.69. The Bertz CT molecular complexity index is 436. The number of carbonyl (C=O) groups is 1. The molecular weight excluding hydrogens is 254 g/mol. The molecule has 1 unspecified atom stereocenters. The van der Waals surface area contributed by atoms with Crippen molar-refractivity contribution in [3.8, 4) is 0 Å². The van der Waals surface area contributed by atoms with E-state index >= 15 is 0 Å². The van der Waals surface area contributed by atoms with Crippen LogP contribution in [0.2, 0.25) is 0 Å². The molecule has 1 aliphatic carbocycles. The summed E-state index contributed by atoms with van der Waals surface area (Å²) < 4.78 is 10.6. The number of hydrogen-bond donors (Lipinski definition) is 1. The number of epoxide rings is 1. The van der Waals surface area contributed by atoms with Crippen LogP contribution in [-0.2, 0) is 16.1 Å². The van der Waals surface area contributed by atoms with E-state index in [1.54, 1.807) is 0 Å². The van der Waals surface area contributed by atoms with Crippen molar-refractivity contribution in [2.24, 2.45) is 5.92 Å². The van der Waals surface area contributed by atoms with Crippen LogP contribution in [-0.4, -0.2) is 24.8 Å². The third-order valence-corrected chi connectivity index (χ3v) is 4.19. The van der Waals surface area contributed by atoms with Gasteiger partial charge in [0.25, 0.3) is 0 Å². The van der Waals surface area contributed by atoms with Crippen molar-refractivity contribution >= 4 is 6.09 Å². The van der Waals surface area contributed by atoms with E-state index in [1.807, 2.05) is 30.3 Å². The predicted octanol–water partition coefficient (Wildman–Crippen LogP) is 2.87. The van der Waals surface area contributed by atoms with Gasteiger partial charge in [-0.2, -0.15) is 0 Å². The van der Waals surface area contributed by atoms with Gasteiger partial charge in [0.15, 0.2) is 0 Å². The summed E-state index contributed by atoms with van der Waals surface area (Å²) in [5, 5.41) is 2.97. The van der Waals surface area contributed by atoms with Crippen molar-refractivity contribution in [1.29, 1.82) is 0 Å². The van der Waals surface area contributed by atoms with Crippen molar-refractivity contribution < 1.29 is 14.3 Å². The lowest BCUT2D eigenvalue weighted by Gasteiger charge is -2.27. The van der Waals surface area contributed by atoms with Crippen molar-refractivity contribution in [3.63, 3.8) is 0 Å². The fraction of sp³-hybridized carbons (Fsp3) is 0.562. The summed E-state index contributed by atoms with van der Waals surface area (Å²) in [4.78, 5) is 11.8. The van der Waals surface area contributed by atoms with E-state index in [1.165, 1.54) is 0 Å². The Morgan fingerprint density at radius 2 is 1.90 bits per heavy atom. The van der Waals surface area contributed by atoms with Crippen LogP contribution in [0.1, 0.15) is 31.2 Å². The summed E-state index contributed by atoms with van der Waals surface area (Å²) >= 11 is 0. The minimum Gasteiger partial charge on any atom is -0.445 e. The maximum atomic E-state index is 11.8. The molecule has 0 radical (unpaired) electrons. The number of carbonyl (C=O) groups excluding carboxylic acids is 1. The molecule has 0 spiro atoms. The Balaban J connectivity index is 1.36. The van der Waals surface area contributed by atoms with Crippen LogP contribution in [0.25, 0.3) is 0 Å². The van der Waals surface area contributed by atoms with Gasteiger partial charge in [-0.1, -0.05) is 30.3 Å². The van der Waals surface area contributed by atoms with E-state index in [0.29, 0.717) is 18.6 Å². The zero-order valence-corrected chi connectivity index (χ0v) is 11.6. The predicted molar refractivity (Wildman–Crippen MR) is 75.2 cm³/mol. The molecular formula is C16H21NO3. The highest BCUT2D eigenvalue weighted by atomic mass is 16.6. The van der Waals surface area contributed by atoms with Crippen molar-refractivity contribution in [2.75, 3.05) is 6.61 Å². The van der Waals surface area contributed by atoms with Gasteiger partial charge in [0.05, 0.1) is 12.7 Å². The molecule has 108 valence electrons. The van der Waals surface area contributed by atoms with Gasteiger partial charge >= 0.3 is 6.09 Å². The van der Waals surface area contributed by atoms with Gasteiger partial charge in [-0.25, -0.2) is 4.79 Å². The minimum absolute atomic E-state index is 0.258. The second kappa shape index (κ2) is 6.27. The monoisotopic (exact) mass is 275 g/mol. The molecule has 1 saturated carbocycles. The molecule has 1 aromatic rings. The van der Waals surface area contributed by atoms with Crippen LogP contribution in [0.5, 0.6) is 0 Å². The normalized spacial score (nSPS) is 28.7. The van der Waals surface area contributed by atoms with E-state index in [2.05, 4.69) is 5.32 Å². The molecule has 2 aliphatic rings. The van der Waals surface area contributed by atoms with Gasteiger partial charge in [-0.05, 0) is 37.2 Å². The van der Waals surface area contributed by atoms with Gasteiger partial charge in [-0.15, -0.1) is 0 Å². The first-order valence-electron chi connectivity index (χ1n) is 7.40. The van der Waals surface area contributed by atoms with E-state index < -0.39 is 0 Å².